The number of hydrogen-bond donors (Lipinski definition) is 0. The Morgan fingerprint density at radius 1 is 0.781 bits per heavy atom. The standard InChI is InChI=1S/C27H25N3O2/c1-20-10-12-21(13-11-20)24-19-23-9-5-6-14-30(23)25(24)26(31)27(32)29-17-15-28(16-18-29)22-7-3-2-4-8-22/h2-14,19H,15-18H2,1H3. The fourth-order valence-electron chi connectivity index (χ4n) is 4.36. The highest BCUT2D eigenvalue weighted by Gasteiger charge is 2.30. The number of aromatic nitrogens is 1. The summed E-state index contributed by atoms with van der Waals surface area (Å²) >= 11 is 0. The van der Waals surface area contributed by atoms with Crippen LogP contribution in [0.1, 0.15) is 16.1 Å². The number of carbonyl (C=O) groups excluding carboxylic acids is 2. The topological polar surface area (TPSA) is 45.0 Å². The van der Waals surface area contributed by atoms with Gasteiger partial charge in [-0.05, 0) is 42.8 Å². The largest absolute Gasteiger partial charge is 0.368 e. The van der Waals surface area contributed by atoms with E-state index in [0.29, 0.717) is 31.9 Å². The zero-order chi connectivity index (χ0) is 22.1. The van der Waals surface area contributed by atoms with E-state index in [-0.39, 0.29) is 0 Å². The van der Waals surface area contributed by atoms with Crippen molar-refractivity contribution in [2.45, 2.75) is 6.92 Å². The van der Waals surface area contributed by atoms with Crippen LogP contribution in [0.5, 0.6) is 0 Å². The van der Waals surface area contributed by atoms with Gasteiger partial charge in [-0.3, -0.25) is 9.59 Å². The molecule has 0 bridgehead atoms. The van der Waals surface area contributed by atoms with Gasteiger partial charge in [-0.25, -0.2) is 0 Å². The summed E-state index contributed by atoms with van der Waals surface area (Å²) in [5, 5.41) is 0. The monoisotopic (exact) mass is 423 g/mol. The molecule has 3 heterocycles. The quantitative estimate of drug-likeness (QED) is 0.360. The summed E-state index contributed by atoms with van der Waals surface area (Å²) < 4.78 is 1.83. The van der Waals surface area contributed by atoms with Crippen molar-refractivity contribution in [2.75, 3.05) is 31.1 Å². The number of amides is 1. The Bertz CT molecular complexity index is 1270. The Morgan fingerprint density at radius 3 is 2.19 bits per heavy atom. The number of rotatable bonds is 4. The van der Waals surface area contributed by atoms with Gasteiger partial charge in [0, 0.05) is 49.1 Å². The van der Waals surface area contributed by atoms with E-state index in [9.17, 15) is 9.59 Å². The lowest BCUT2D eigenvalue weighted by Crippen LogP contribution is -2.50. The average molecular weight is 424 g/mol. The lowest BCUT2D eigenvalue weighted by molar-refractivity contribution is -0.126. The molecule has 1 saturated heterocycles. The van der Waals surface area contributed by atoms with Crippen LogP contribution in [0.3, 0.4) is 0 Å². The second kappa shape index (κ2) is 8.35. The molecular weight excluding hydrogens is 398 g/mol. The van der Waals surface area contributed by atoms with Gasteiger partial charge in [0.25, 0.3) is 11.7 Å². The molecule has 2 aromatic carbocycles. The summed E-state index contributed by atoms with van der Waals surface area (Å²) in [5.74, 6) is -0.894. The first-order valence-corrected chi connectivity index (χ1v) is 10.9. The van der Waals surface area contributed by atoms with Crippen molar-refractivity contribution in [3.8, 4) is 11.1 Å². The second-order valence-corrected chi connectivity index (χ2v) is 8.21. The molecule has 0 saturated carbocycles. The third-order valence-corrected chi connectivity index (χ3v) is 6.14. The number of ketones is 1. The fraction of sp³-hybridized carbons (Fsp3) is 0.185. The molecule has 1 aliphatic rings. The van der Waals surface area contributed by atoms with E-state index < -0.39 is 11.7 Å². The maximum atomic E-state index is 13.5. The highest BCUT2D eigenvalue weighted by Crippen LogP contribution is 2.29. The summed E-state index contributed by atoms with van der Waals surface area (Å²) in [6, 6.07) is 26.0. The summed E-state index contributed by atoms with van der Waals surface area (Å²) in [6.07, 6.45) is 1.85. The number of nitrogens with zero attached hydrogens (tertiary/aromatic N) is 3. The van der Waals surface area contributed by atoms with E-state index >= 15 is 0 Å². The third kappa shape index (κ3) is 3.66. The minimum Gasteiger partial charge on any atom is -0.368 e. The van der Waals surface area contributed by atoms with Gasteiger partial charge < -0.3 is 14.2 Å². The number of aryl methyl sites for hydroxylation is 1. The van der Waals surface area contributed by atoms with Gasteiger partial charge >= 0.3 is 0 Å². The lowest BCUT2D eigenvalue weighted by Gasteiger charge is -2.35. The van der Waals surface area contributed by atoms with Crippen LogP contribution in [0, 0.1) is 6.92 Å². The highest BCUT2D eigenvalue weighted by atomic mass is 16.2. The van der Waals surface area contributed by atoms with Crippen LogP contribution in [0.4, 0.5) is 5.69 Å². The SMILES string of the molecule is Cc1ccc(-c2cc3ccccn3c2C(=O)C(=O)N2CCN(c3ccccc3)CC2)cc1. The Balaban J connectivity index is 1.43. The molecule has 5 nitrogen and oxygen atoms in total. The molecule has 5 heteroatoms. The number of fused-ring (bicyclic) bond motifs is 1. The molecule has 0 atom stereocenters. The highest BCUT2D eigenvalue weighted by molar-refractivity contribution is 6.43. The Morgan fingerprint density at radius 2 is 1.47 bits per heavy atom. The van der Waals surface area contributed by atoms with Crippen LogP contribution < -0.4 is 4.90 Å². The molecule has 5 rings (SSSR count). The van der Waals surface area contributed by atoms with Crippen molar-refractivity contribution in [3.63, 3.8) is 0 Å². The van der Waals surface area contributed by atoms with Crippen molar-refractivity contribution < 1.29 is 9.59 Å². The van der Waals surface area contributed by atoms with Gasteiger partial charge in [0.1, 0.15) is 5.69 Å². The summed E-state index contributed by atoms with van der Waals surface area (Å²) in [6.45, 7) is 4.52. The number of carbonyl (C=O) groups is 2. The number of para-hydroxylation sites is 1. The van der Waals surface area contributed by atoms with Crippen molar-refractivity contribution >= 4 is 22.9 Å². The maximum absolute atomic E-state index is 13.5. The van der Waals surface area contributed by atoms with E-state index in [4.69, 9.17) is 0 Å². The number of pyridine rings is 1. The van der Waals surface area contributed by atoms with Crippen molar-refractivity contribution in [3.05, 3.63) is 96.3 Å². The van der Waals surface area contributed by atoms with Crippen LogP contribution in [0.15, 0.2) is 85.1 Å². The number of Topliss-reactive ketones (excluding diaryl/α,β-unsaturated/α-hetero) is 1. The molecule has 1 amide bonds. The van der Waals surface area contributed by atoms with E-state index in [1.807, 2.05) is 84.3 Å². The summed E-state index contributed by atoms with van der Waals surface area (Å²) in [7, 11) is 0. The first kappa shape index (κ1) is 20.1. The minimum absolute atomic E-state index is 0.431. The molecule has 0 unspecified atom stereocenters. The zero-order valence-electron chi connectivity index (χ0n) is 18.1. The second-order valence-electron chi connectivity index (χ2n) is 8.21. The molecule has 160 valence electrons. The number of hydrogen-bond acceptors (Lipinski definition) is 3. The molecule has 0 spiro atoms. The van der Waals surface area contributed by atoms with Gasteiger partial charge in [0.2, 0.25) is 0 Å². The van der Waals surface area contributed by atoms with Crippen molar-refractivity contribution in [1.29, 1.82) is 0 Å². The van der Waals surface area contributed by atoms with Gasteiger partial charge in [-0.15, -0.1) is 0 Å². The first-order chi connectivity index (χ1) is 15.6. The van der Waals surface area contributed by atoms with Crippen LogP contribution in [-0.2, 0) is 4.79 Å². The molecule has 0 aliphatic carbocycles. The number of benzene rings is 2. The number of anilines is 1. The van der Waals surface area contributed by atoms with Crippen LogP contribution in [0.25, 0.3) is 16.6 Å². The summed E-state index contributed by atoms with van der Waals surface area (Å²) in [5.41, 5.74) is 5.35. The summed E-state index contributed by atoms with van der Waals surface area (Å²) in [4.78, 5) is 30.7. The third-order valence-electron chi connectivity index (χ3n) is 6.14. The Kier molecular flexibility index (Phi) is 5.23. The fourth-order valence-corrected chi connectivity index (χ4v) is 4.36. The molecule has 0 N–H and O–H groups in total. The number of piperazine rings is 1. The van der Waals surface area contributed by atoms with Crippen LogP contribution in [-0.4, -0.2) is 47.2 Å². The van der Waals surface area contributed by atoms with Crippen LogP contribution >= 0.6 is 0 Å². The van der Waals surface area contributed by atoms with Gasteiger partial charge in [-0.2, -0.15) is 0 Å². The minimum atomic E-state index is -0.458. The van der Waals surface area contributed by atoms with Crippen molar-refractivity contribution in [1.82, 2.24) is 9.30 Å². The van der Waals surface area contributed by atoms with E-state index in [0.717, 1.165) is 27.9 Å². The van der Waals surface area contributed by atoms with E-state index in [2.05, 4.69) is 17.0 Å². The Labute approximate surface area is 187 Å². The van der Waals surface area contributed by atoms with Crippen LogP contribution in [0.2, 0.25) is 0 Å². The van der Waals surface area contributed by atoms with Gasteiger partial charge in [0.15, 0.2) is 0 Å². The lowest BCUT2D eigenvalue weighted by atomic mass is 10.0. The molecule has 2 aromatic heterocycles. The predicted molar refractivity (Wildman–Crippen MR) is 127 cm³/mol. The molecule has 32 heavy (non-hydrogen) atoms. The van der Waals surface area contributed by atoms with E-state index in [1.54, 1.807) is 4.90 Å². The zero-order valence-corrected chi connectivity index (χ0v) is 18.1. The Hall–Kier alpha value is -3.86. The molecule has 1 fully saturated rings. The molecular formula is C27H25N3O2. The molecule has 4 aromatic rings. The predicted octanol–water partition coefficient (Wildman–Crippen LogP) is 4.45. The molecule has 1 aliphatic heterocycles. The maximum Gasteiger partial charge on any atom is 0.296 e. The first-order valence-electron chi connectivity index (χ1n) is 10.9. The average Bonchev–Trinajstić information content (AvgIpc) is 3.24. The van der Waals surface area contributed by atoms with E-state index in [1.165, 1.54) is 0 Å². The molecule has 0 radical (unpaired) electrons. The van der Waals surface area contributed by atoms with Gasteiger partial charge in [0.05, 0.1) is 0 Å². The van der Waals surface area contributed by atoms with Gasteiger partial charge in [-0.1, -0.05) is 54.1 Å². The van der Waals surface area contributed by atoms with Crippen molar-refractivity contribution in [2.24, 2.45) is 0 Å². The smallest absolute Gasteiger partial charge is 0.296 e. The normalized spacial score (nSPS) is 14.0.